The maximum absolute atomic E-state index is 13.1. The third kappa shape index (κ3) is 4.69. The van der Waals surface area contributed by atoms with Gasteiger partial charge in [-0.25, -0.2) is 8.42 Å². The molecule has 0 unspecified atom stereocenters. The lowest BCUT2D eigenvalue weighted by Gasteiger charge is -2.32. The van der Waals surface area contributed by atoms with Crippen LogP contribution in [0, 0.1) is 5.41 Å². The van der Waals surface area contributed by atoms with Gasteiger partial charge in [-0.2, -0.15) is 4.31 Å². The highest BCUT2D eigenvalue weighted by Crippen LogP contribution is 2.33. The van der Waals surface area contributed by atoms with Gasteiger partial charge in [-0.1, -0.05) is 27.2 Å². The monoisotopic (exact) mass is 407 g/mol. The fourth-order valence-electron chi connectivity index (χ4n) is 3.75. The van der Waals surface area contributed by atoms with Crippen LogP contribution in [0.1, 0.15) is 59.3 Å². The second-order valence-corrected chi connectivity index (χ2v) is 10.8. The molecular weight excluding hydrogens is 374 g/mol. The zero-order chi connectivity index (χ0) is 20.4. The van der Waals surface area contributed by atoms with E-state index in [1.54, 1.807) is 16.4 Å². The van der Waals surface area contributed by atoms with Crippen LogP contribution in [0.15, 0.2) is 23.1 Å². The summed E-state index contributed by atoms with van der Waals surface area (Å²) in [6, 6.07) is 5.21. The predicted molar refractivity (Wildman–Crippen MR) is 113 cm³/mol. The van der Waals surface area contributed by atoms with Gasteiger partial charge in [-0.05, 0) is 50.3 Å². The smallest absolute Gasteiger partial charge is 0.243 e. The fraction of sp³-hybridized carbons (Fsp3) is 0.667. The second-order valence-electron chi connectivity index (χ2n) is 8.90. The first-order valence-corrected chi connectivity index (χ1v) is 11.8. The van der Waals surface area contributed by atoms with Crippen molar-refractivity contribution in [3.63, 3.8) is 0 Å². The van der Waals surface area contributed by atoms with E-state index in [-0.39, 0.29) is 10.8 Å². The summed E-state index contributed by atoms with van der Waals surface area (Å²) in [5.41, 5.74) is 0.954. The minimum Gasteiger partial charge on any atom is -0.370 e. The van der Waals surface area contributed by atoms with Crippen molar-refractivity contribution in [1.82, 2.24) is 4.31 Å². The van der Waals surface area contributed by atoms with Crippen molar-refractivity contribution in [2.24, 2.45) is 5.41 Å². The molecule has 1 aromatic carbocycles. The number of carbonyl (C=O) groups excluding carboxylic acids is 1. The molecule has 2 fully saturated rings. The summed E-state index contributed by atoms with van der Waals surface area (Å²) in [6.07, 6.45) is 6.31. The van der Waals surface area contributed by atoms with Gasteiger partial charge in [0.05, 0.1) is 16.3 Å². The number of amides is 1. The molecule has 0 bridgehead atoms. The number of sulfonamides is 1. The summed E-state index contributed by atoms with van der Waals surface area (Å²) in [4.78, 5) is 15.2. The Morgan fingerprint density at radius 3 is 2.07 bits per heavy atom. The molecule has 1 aromatic rings. The quantitative estimate of drug-likeness (QED) is 0.823. The Balaban J connectivity index is 1.96. The Morgan fingerprint density at radius 2 is 1.50 bits per heavy atom. The van der Waals surface area contributed by atoms with E-state index in [4.69, 9.17) is 0 Å². The molecule has 7 heteroatoms. The van der Waals surface area contributed by atoms with Crippen LogP contribution >= 0.6 is 0 Å². The number of anilines is 2. The van der Waals surface area contributed by atoms with Crippen molar-refractivity contribution < 1.29 is 13.2 Å². The van der Waals surface area contributed by atoms with E-state index in [0.717, 1.165) is 50.9 Å². The number of nitrogens with zero attached hydrogens (tertiary/aromatic N) is 2. The number of rotatable bonds is 4. The molecule has 1 amide bonds. The number of piperidine rings is 2. The standard InChI is InChI=1S/C21H33N3O3S/c1-21(2,3)20(25)22-18-16-17(28(26,27)24-14-8-5-9-15-24)10-11-19(18)23-12-6-4-7-13-23/h10-11,16H,4-9,12-15H2,1-3H3,(H,22,25). The van der Waals surface area contributed by atoms with E-state index in [1.807, 2.05) is 26.8 Å². The van der Waals surface area contributed by atoms with Crippen molar-refractivity contribution >= 4 is 27.3 Å². The van der Waals surface area contributed by atoms with Crippen LogP contribution in [0.5, 0.6) is 0 Å². The summed E-state index contributed by atoms with van der Waals surface area (Å²) in [7, 11) is -3.54. The fourth-order valence-corrected chi connectivity index (χ4v) is 5.29. The summed E-state index contributed by atoms with van der Waals surface area (Å²) in [6.45, 7) is 8.57. The Labute approximate surface area is 169 Å². The molecule has 0 aliphatic carbocycles. The van der Waals surface area contributed by atoms with Gasteiger partial charge in [0.15, 0.2) is 0 Å². The van der Waals surface area contributed by atoms with Gasteiger partial charge >= 0.3 is 0 Å². The molecule has 1 N–H and O–H groups in total. The van der Waals surface area contributed by atoms with Crippen molar-refractivity contribution in [3.05, 3.63) is 18.2 Å². The van der Waals surface area contributed by atoms with Gasteiger partial charge in [0.1, 0.15) is 0 Å². The summed E-state index contributed by atoms with van der Waals surface area (Å²) >= 11 is 0. The van der Waals surface area contributed by atoms with Gasteiger partial charge in [-0.15, -0.1) is 0 Å². The van der Waals surface area contributed by atoms with Crippen LogP contribution in [-0.4, -0.2) is 44.8 Å². The largest absolute Gasteiger partial charge is 0.370 e. The average molecular weight is 408 g/mol. The van der Waals surface area contributed by atoms with E-state index in [9.17, 15) is 13.2 Å². The lowest BCUT2D eigenvalue weighted by atomic mass is 9.95. The maximum Gasteiger partial charge on any atom is 0.243 e. The van der Waals surface area contributed by atoms with E-state index >= 15 is 0 Å². The number of hydrogen-bond donors (Lipinski definition) is 1. The van der Waals surface area contributed by atoms with Crippen LogP contribution in [0.3, 0.4) is 0 Å². The van der Waals surface area contributed by atoms with E-state index in [0.29, 0.717) is 18.8 Å². The van der Waals surface area contributed by atoms with Crippen molar-refractivity contribution in [3.8, 4) is 0 Å². The average Bonchev–Trinajstić information content (AvgIpc) is 2.68. The molecule has 0 spiro atoms. The molecule has 6 nitrogen and oxygen atoms in total. The number of hydrogen-bond acceptors (Lipinski definition) is 4. The molecular formula is C21H33N3O3S. The number of carbonyl (C=O) groups is 1. The van der Waals surface area contributed by atoms with Crippen LogP contribution in [-0.2, 0) is 14.8 Å². The lowest BCUT2D eigenvalue weighted by molar-refractivity contribution is -0.123. The van der Waals surface area contributed by atoms with Gasteiger partial charge < -0.3 is 10.2 Å². The van der Waals surface area contributed by atoms with Crippen molar-refractivity contribution in [2.75, 3.05) is 36.4 Å². The van der Waals surface area contributed by atoms with Gasteiger partial charge in [-0.3, -0.25) is 4.79 Å². The minimum atomic E-state index is -3.54. The van der Waals surface area contributed by atoms with Gasteiger partial charge in [0.25, 0.3) is 0 Å². The summed E-state index contributed by atoms with van der Waals surface area (Å²) < 4.78 is 27.8. The maximum atomic E-state index is 13.1. The zero-order valence-corrected chi connectivity index (χ0v) is 18.1. The van der Waals surface area contributed by atoms with Crippen LogP contribution in [0.2, 0.25) is 0 Å². The Bertz CT molecular complexity index is 803. The molecule has 2 heterocycles. The van der Waals surface area contributed by atoms with Crippen molar-refractivity contribution in [1.29, 1.82) is 0 Å². The van der Waals surface area contributed by atoms with Crippen LogP contribution in [0.4, 0.5) is 11.4 Å². The number of nitrogens with one attached hydrogen (secondary N) is 1. The lowest BCUT2D eigenvalue weighted by Crippen LogP contribution is -2.36. The zero-order valence-electron chi connectivity index (χ0n) is 17.3. The highest BCUT2D eigenvalue weighted by Gasteiger charge is 2.29. The normalized spacial score (nSPS) is 19.5. The predicted octanol–water partition coefficient (Wildman–Crippen LogP) is 3.84. The molecule has 28 heavy (non-hydrogen) atoms. The van der Waals surface area contributed by atoms with E-state index in [1.165, 1.54) is 6.42 Å². The Hall–Kier alpha value is -1.60. The first-order valence-electron chi connectivity index (χ1n) is 10.4. The van der Waals surface area contributed by atoms with E-state index < -0.39 is 15.4 Å². The first-order chi connectivity index (χ1) is 13.2. The van der Waals surface area contributed by atoms with Crippen LogP contribution in [0.25, 0.3) is 0 Å². The highest BCUT2D eigenvalue weighted by atomic mass is 32.2. The summed E-state index contributed by atoms with van der Waals surface area (Å²) in [5.74, 6) is -0.113. The first kappa shape index (κ1) is 21.1. The van der Waals surface area contributed by atoms with Crippen molar-refractivity contribution in [2.45, 2.75) is 64.2 Å². The molecule has 3 rings (SSSR count). The molecule has 0 radical (unpaired) electrons. The molecule has 2 aliphatic rings. The highest BCUT2D eigenvalue weighted by molar-refractivity contribution is 7.89. The van der Waals surface area contributed by atoms with E-state index in [2.05, 4.69) is 10.2 Å². The number of benzene rings is 1. The molecule has 0 saturated carbocycles. The molecule has 0 atom stereocenters. The minimum absolute atomic E-state index is 0.113. The molecule has 2 aliphatic heterocycles. The topological polar surface area (TPSA) is 69.7 Å². The van der Waals surface area contributed by atoms with Gasteiger partial charge in [0.2, 0.25) is 15.9 Å². The second kappa shape index (κ2) is 8.41. The summed E-state index contributed by atoms with van der Waals surface area (Å²) in [5, 5.41) is 3.00. The molecule has 156 valence electrons. The molecule has 0 aromatic heterocycles. The molecule has 2 saturated heterocycles. The van der Waals surface area contributed by atoms with Crippen LogP contribution < -0.4 is 10.2 Å². The Kier molecular flexibility index (Phi) is 6.34. The van der Waals surface area contributed by atoms with Gasteiger partial charge in [0, 0.05) is 31.6 Å². The third-order valence-electron chi connectivity index (χ3n) is 5.55. The third-order valence-corrected chi connectivity index (χ3v) is 7.44. The Morgan fingerprint density at radius 1 is 0.929 bits per heavy atom. The SMILES string of the molecule is CC(C)(C)C(=O)Nc1cc(S(=O)(=O)N2CCCCC2)ccc1N1CCCCC1.